The highest BCUT2D eigenvalue weighted by Crippen LogP contribution is 2.32. The fourth-order valence-electron chi connectivity index (χ4n) is 2.57. The SMILES string of the molecule is Cc1nnc(NC(c2ccco2)c2c[nH]c3ccccc23)s1. The number of nitrogens with one attached hydrogen (secondary N) is 2. The number of hydrogen-bond donors (Lipinski definition) is 2. The van der Waals surface area contributed by atoms with Crippen LogP contribution < -0.4 is 5.32 Å². The first-order valence-electron chi connectivity index (χ1n) is 6.97. The number of rotatable bonds is 4. The number of para-hydroxylation sites is 1. The molecule has 110 valence electrons. The Morgan fingerprint density at radius 3 is 2.86 bits per heavy atom. The van der Waals surface area contributed by atoms with Gasteiger partial charge in [-0.25, -0.2) is 0 Å². The number of aromatic nitrogens is 3. The minimum Gasteiger partial charge on any atom is -0.467 e. The van der Waals surface area contributed by atoms with E-state index in [1.807, 2.05) is 37.4 Å². The van der Waals surface area contributed by atoms with E-state index in [4.69, 9.17) is 4.42 Å². The fraction of sp³-hybridized carbons (Fsp3) is 0.125. The zero-order valence-corrected chi connectivity index (χ0v) is 12.7. The van der Waals surface area contributed by atoms with Crippen LogP contribution >= 0.6 is 11.3 Å². The lowest BCUT2D eigenvalue weighted by Gasteiger charge is -2.15. The van der Waals surface area contributed by atoms with Crippen LogP contribution in [-0.4, -0.2) is 15.2 Å². The van der Waals surface area contributed by atoms with E-state index in [9.17, 15) is 0 Å². The second kappa shape index (κ2) is 5.31. The smallest absolute Gasteiger partial charge is 0.206 e. The van der Waals surface area contributed by atoms with Gasteiger partial charge in [-0.1, -0.05) is 29.5 Å². The number of anilines is 1. The number of nitrogens with zero attached hydrogens (tertiary/aromatic N) is 2. The Morgan fingerprint density at radius 1 is 1.18 bits per heavy atom. The standard InChI is InChI=1S/C16H14N4OS/c1-10-19-20-16(22-10)18-15(14-7-4-8-21-14)12-9-17-13-6-3-2-5-11(12)13/h2-9,15,17H,1H3,(H,18,20). The van der Waals surface area contributed by atoms with E-state index in [0.717, 1.165) is 32.4 Å². The van der Waals surface area contributed by atoms with Gasteiger partial charge in [0.1, 0.15) is 16.8 Å². The molecule has 3 heterocycles. The summed E-state index contributed by atoms with van der Waals surface area (Å²) in [5.74, 6) is 0.845. The molecule has 0 aliphatic rings. The molecule has 1 unspecified atom stereocenters. The molecular weight excluding hydrogens is 296 g/mol. The van der Waals surface area contributed by atoms with Gasteiger partial charge in [0.05, 0.1) is 6.26 Å². The summed E-state index contributed by atoms with van der Waals surface area (Å²) in [6.07, 6.45) is 3.70. The van der Waals surface area contributed by atoms with Crippen LogP contribution in [0.2, 0.25) is 0 Å². The van der Waals surface area contributed by atoms with Crippen LogP contribution in [-0.2, 0) is 0 Å². The number of hydrogen-bond acceptors (Lipinski definition) is 5. The second-order valence-corrected chi connectivity index (χ2v) is 6.19. The van der Waals surface area contributed by atoms with Crippen molar-refractivity contribution in [1.29, 1.82) is 0 Å². The number of H-pyrrole nitrogens is 1. The third kappa shape index (κ3) is 2.27. The van der Waals surface area contributed by atoms with Gasteiger partial charge in [-0.15, -0.1) is 10.2 Å². The van der Waals surface area contributed by atoms with Crippen molar-refractivity contribution in [2.45, 2.75) is 13.0 Å². The molecule has 0 fully saturated rings. The molecule has 0 bridgehead atoms. The molecule has 4 aromatic rings. The Hall–Kier alpha value is -2.60. The zero-order valence-electron chi connectivity index (χ0n) is 11.9. The van der Waals surface area contributed by atoms with Crippen molar-refractivity contribution >= 4 is 27.4 Å². The predicted molar refractivity (Wildman–Crippen MR) is 87.1 cm³/mol. The number of aryl methyl sites for hydroxylation is 1. The normalized spacial score (nSPS) is 12.6. The van der Waals surface area contributed by atoms with Crippen LogP contribution in [0.15, 0.2) is 53.3 Å². The molecule has 0 amide bonds. The summed E-state index contributed by atoms with van der Waals surface area (Å²) in [5.41, 5.74) is 2.22. The van der Waals surface area contributed by atoms with Crippen molar-refractivity contribution in [2.24, 2.45) is 0 Å². The lowest BCUT2D eigenvalue weighted by atomic mass is 10.0. The maximum Gasteiger partial charge on any atom is 0.206 e. The van der Waals surface area contributed by atoms with E-state index in [1.54, 1.807) is 6.26 Å². The largest absolute Gasteiger partial charge is 0.467 e. The molecular formula is C16H14N4OS. The van der Waals surface area contributed by atoms with Crippen molar-refractivity contribution in [3.63, 3.8) is 0 Å². The lowest BCUT2D eigenvalue weighted by Crippen LogP contribution is -2.11. The van der Waals surface area contributed by atoms with Crippen molar-refractivity contribution in [3.05, 3.63) is 65.2 Å². The van der Waals surface area contributed by atoms with E-state index in [0.29, 0.717) is 0 Å². The van der Waals surface area contributed by atoms with Crippen LogP contribution in [0.5, 0.6) is 0 Å². The minimum absolute atomic E-state index is 0.113. The first kappa shape index (κ1) is 13.1. The molecule has 0 spiro atoms. The van der Waals surface area contributed by atoms with E-state index in [2.05, 4.69) is 32.6 Å². The van der Waals surface area contributed by atoms with Crippen LogP contribution in [0.4, 0.5) is 5.13 Å². The lowest BCUT2D eigenvalue weighted by molar-refractivity contribution is 0.499. The molecule has 0 aliphatic heterocycles. The summed E-state index contributed by atoms with van der Waals surface area (Å²) in [6.45, 7) is 1.94. The maximum atomic E-state index is 5.63. The van der Waals surface area contributed by atoms with Crippen LogP contribution in [0.25, 0.3) is 10.9 Å². The first-order chi connectivity index (χ1) is 10.8. The van der Waals surface area contributed by atoms with Gasteiger partial charge in [0.15, 0.2) is 0 Å². The van der Waals surface area contributed by atoms with Crippen molar-refractivity contribution < 1.29 is 4.42 Å². The fourth-order valence-corrected chi connectivity index (χ4v) is 3.19. The van der Waals surface area contributed by atoms with Gasteiger partial charge in [-0.05, 0) is 25.1 Å². The van der Waals surface area contributed by atoms with Gasteiger partial charge in [0.2, 0.25) is 5.13 Å². The first-order valence-corrected chi connectivity index (χ1v) is 7.79. The summed E-state index contributed by atoms with van der Waals surface area (Å²) >= 11 is 1.53. The average molecular weight is 310 g/mol. The highest BCUT2D eigenvalue weighted by atomic mass is 32.1. The highest BCUT2D eigenvalue weighted by molar-refractivity contribution is 7.15. The van der Waals surface area contributed by atoms with Crippen LogP contribution in [0.3, 0.4) is 0 Å². The van der Waals surface area contributed by atoms with Crippen molar-refractivity contribution in [3.8, 4) is 0 Å². The molecule has 0 saturated heterocycles. The monoisotopic (exact) mass is 310 g/mol. The Bertz CT molecular complexity index is 894. The number of aromatic amines is 1. The average Bonchev–Trinajstić information content (AvgIpc) is 3.26. The molecule has 0 radical (unpaired) electrons. The van der Waals surface area contributed by atoms with Crippen LogP contribution in [0, 0.1) is 6.92 Å². The number of benzene rings is 1. The third-order valence-corrected chi connectivity index (χ3v) is 4.32. The van der Waals surface area contributed by atoms with Gasteiger partial charge >= 0.3 is 0 Å². The van der Waals surface area contributed by atoms with Gasteiger partial charge in [0, 0.05) is 22.7 Å². The van der Waals surface area contributed by atoms with Gasteiger partial charge < -0.3 is 14.7 Å². The molecule has 1 aromatic carbocycles. The summed E-state index contributed by atoms with van der Waals surface area (Å²) in [7, 11) is 0. The zero-order chi connectivity index (χ0) is 14.9. The predicted octanol–water partition coefficient (Wildman–Crippen LogP) is 4.12. The number of fused-ring (bicyclic) bond motifs is 1. The topological polar surface area (TPSA) is 66.7 Å². The Morgan fingerprint density at radius 2 is 2.09 bits per heavy atom. The van der Waals surface area contributed by atoms with E-state index >= 15 is 0 Å². The quantitative estimate of drug-likeness (QED) is 0.595. The Kier molecular flexibility index (Phi) is 3.16. The summed E-state index contributed by atoms with van der Waals surface area (Å²) in [4.78, 5) is 3.31. The third-order valence-electron chi connectivity index (χ3n) is 3.55. The molecule has 22 heavy (non-hydrogen) atoms. The van der Waals surface area contributed by atoms with E-state index in [-0.39, 0.29) is 6.04 Å². The maximum absolute atomic E-state index is 5.63. The molecule has 6 heteroatoms. The van der Waals surface area contributed by atoms with Crippen molar-refractivity contribution in [1.82, 2.24) is 15.2 Å². The van der Waals surface area contributed by atoms with Crippen molar-refractivity contribution in [2.75, 3.05) is 5.32 Å². The molecule has 5 nitrogen and oxygen atoms in total. The van der Waals surface area contributed by atoms with E-state index < -0.39 is 0 Å². The molecule has 1 atom stereocenters. The molecule has 0 saturated carbocycles. The molecule has 2 N–H and O–H groups in total. The van der Waals surface area contributed by atoms with Crippen LogP contribution in [0.1, 0.15) is 22.4 Å². The van der Waals surface area contributed by atoms with Gasteiger partial charge in [0.25, 0.3) is 0 Å². The summed E-state index contributed by atoms with van der Waals surface area (Å²) in [6, 6.07) is 12.0. The molecule has 3 aromatic heterocycles. The summed E-state index contributed by atoms with van der Waals surface area (Å²) < 4.78 is 5.63. The minimum atomic E-state index is -0.113. The summed E-state index contributed by atoms with van der Waals surface area (Å²) in [5, 5.41) is 14.5. The second-order valence-electron chi connectivity index (χ2n) is 5.01. The van der Waals surface area contributed by atoms with Gasteiger partial charge in [-0.2, -0.15) is 0 Å². The Labute approximate surface area is 131 Å². The Balaban J connectivity index is 1.80. The van der Waals surface area contributed by atoms with E-state index in [1.165, 1.54) is 11.3 Å². The number of furan rings is 1. The highest BCUT2D eigenvalue weighted by Gasteiger charge is 2.21. The molecule has 0 aliphatic carbocycles. The molecule has 4 rings (SSSR count). The van der Waals surface area contributed by atoms with Gasteiger partial charge in [-0.3, -0.25) is 0 Å².